The molecule has 0 unspecified atom stereocenters. The van der Waals surface area contributed by atoms with Gasteiger partial charge in [0, 0.05) is 9.79 Å². The molecule has 2 aromatic rings. The first-order valence-corrected chi connectivity index (χ1v) is 11.0. The van der Waals surface area contributed by atoms with Crippen LogP contribution in [0.3, 0.4) is 0 Å². The molecule has 0 aliphatic rings. The molecule has 136 valence electrons. The molecule has 0 fully saturated rings. The van der Waals surface area contributed by atoms with Crippen molar-refractivity contribution < 1.29 is 0 Å². The Bertz CT molecular complexity index is 549. The third kappa shape index (κ3) is 7.28. The van der Waals surface area contributed by atoms with Crippen LogP contribution in [0, 0.1) is 0 Å². The van der Waals surface area contributed by atoms with Crippen molar-refractivity contribution in [3.63, 3.8) is 0 Å². The lowest BCUT2D eigenvalue weighted by molar-refractivity contribution is 0.662. The van der Waals surface area contributed by atoms with E-state index in [1.807, 2.05) is 11.8 Å². The van der Waals surface area contributed by atoms with Crippen LogP contribution < -0.4 is 0 Å². The molecule has 0 bridgehead atoms. The molecular weight excluding hydrogens is 320 g/mol. The first kappa shape index (κ1) is 20.1. The number of rotatable bonds is 12. The minimum absolute atomic E-state index is 1.21. The molecular formula is C24H34S. The van der Waals surface area contributed by atoms with Crippen molar-refractivity contribution >= 4 is 11.8 Å². The molecule has 0 atom stereocenters. The molecule has 25 heavy (non-hydrogen) atoms. The molecule has 0 spiro atoms. The molecule has 2 rings (SSSR count). The van der Waals surface area contributed by atoms with Crippen molar-refractivity contribution in [1.82, 2.24) is 0 Å². The molecule has 0 N–H and O–H groups in total. The highest BCUT2D eigenvalue weighted by atomic mass is 32.2. The van der Waals surface area contributed by atoms with Crippen molar-refractivity contribution in [2.75, 3.05) is 0 Å². The Kier molecular flexibility index (Phi) is 9.81. The minimum atomic E-state index is 1.21. The fraction of sp³-hybridized carbons (Fsp3) is 0.500. The normalized spacial score (nSPS) is 11.0. The molecule has 0 aliphatic carbocycles. The van der Waals surface area contributed by atoms with Gasteiger partial charge in [-0.3, -0.25) is 0 Å². The number of hydrogen-bond donors (Lipinski definition) is 0. The Morgan fingerprint density at radius 2 is 1.00 bits per heavy atom. The third-order valence-electron chi connectivity index (χ3n) is 4.76. The van der Waals surface area contributed by atoms with Crippen LogP contribution in [0.4, 0.5) is 0 Å². The lowest BCUT2D eigenvalue weighted by Gasteiger charge is -2.12. The predicted octanol–water partition coefficient (Wildman–Crippen LogP) is 8.08. The SMILES string of the molecule is CCCCCCc1ccccc1Sc1ccccc1CCCCCC. The zero-order chi connectivity index (χ0) is 17.7. The molecule has 0 nitrogen and oxygen atoms in total. The summed E-state index contributed by atoms with van der Waals surface area (Å²) in [5.74, 6) is 0. The molecule has 0 radical (unpaired) electrons. The molecule has 0 aromatic heterocycles. The van der Waals surface area contributed by atoms with Gasteiger partial charge in [-0.05, 0) is 48.9 Å². The molecule has 0 aliphatic heterocycles. The highest BCUT2D eigenvalue weighted by Gasteiger charge is 2.07. The van der Waals surface area contributed by atoms with Crippen LogP contribution in [0.5, 0.6) is 0 Å². The van der Waals surface area contributed by atoms with Crippen LogP contribution in [0.1, 0.15) is 76.3 Å². The van der Waals surface area contributed by atoms with Crippen LogP contribution >= 0.6 is 11.8 Å². The van der Waals surface area contributed by atoms with E-state index in [1.54, 1.807) is 0 Å². The largest absolute Gasteiger partial charge is 0.0895 e. The lowest BCUT2D eigenvalue weighted by atomic mass is 10.1. The average molecular weight is 355 g/mol. The van der Waals surface area contributed by atoms with Crippen molar-refractivity contribution in [1.29, 1.82) is 0 Å². The van der Waals surface area contributed by atoms with Crippen LogP contribution in [0.15, 0.2) is 58.3 Å². The first-order chi connectivity index (χ1) is 12.3. The first-order valence-electron chi connectivity index (χ1n) is 10.2. The molecule has 0 saturated heterocycles. The summed E-state index contributed by atoms with van der Waals surface area (Å²) in [6.07, 6.45) is 13.1. The van der Waals surface area contributed by atoms with Crippen molar-refractivity contribution in [2.45, 2.75) is 87.8 Å². The maximum atomic E-state index is 2.32. The topological polar surface area (TPSA) is 0 Å². The van der Waals surface area contributed by atoms with Gasteiger partial charge in [-0.25, -0.2) is 0 Å². The van der Waals surface area contributed by atoms with Gasteiger partial charge in [0.2, 0.25) is 0 Å². The third-order valence-corrected chi connectivity index (χ3v) is 6.00. The van der Waals surface area contributed by atoms with E-state index in [0.29, 0.717) is 0 Å². The second-order valence-electron chi connectivity index (χ2n) is 6.94. The average Bonchev–Trinajstić information content (AvgIpc) is 2.65. The summed E-state index contributed by atoms with van der Waals surface area (Å²) < 4.78 is 0. The maximum absolute atomic E-state index is 2.32. The van der Waals surface area contributed by atoms with Gasteiger partial charge in [0.05, 0.1) is 0 Å². The summed E-state index contributed by atoms with van der Waals surface area (Å²) in [4.78, 5) is 2.89. The molecule has 2 aromatic carbocycles. The zero-order valence-electron chi connectivity index (χ0n) is 16.1. The van der Waals surface area contributed by atoms with E-state index in [-0.39, 0.29) is 0 Å². The van der Waals surface area contributed by atoms with Gasteiger partial charge in [-0.1, -0.05) is 101 Å². The van der Waals surface area contributed by atoms with Gasteiger partial charge < -0.3 is 0 Å². The Morgan fingerprint density at radius 1 is 0.560 bits per heavy atom. The zero-order valence-corrected chi connectivity index (χ0v) is 16.9. The van der Waals surface area contributed by atoms with E-state index in [4.69, 9.17) is 0 Å². The number of hydrogen-bond acceptors (Lipinski definition) is 1. The van der Waals surface area contributed by atoms with Crippen LogP contribution in [-0.2, 0) is 12.8 Å². The fourth-order valence-electron chi connectivity index (χ4n) is 3.22. The molecule has 0 heterocycles. The van der Waals surface area contributed by atoms with E-state index in [2.05, 4.69) is 62.4 Å². The second-order valence-corrected chi connectivity index (χ2v) is 8.02. The predicted molar refractivity (Wildman–Crippen MR) is 113 cm³/mol. The summed E-state index contributed by atoms with van der Waals surface area (Å²) in [6.45, 7) is 4.56. The quantitative estimate of drug-likeness (QED) is 0.347. The van der Waals surface area contributed by atoms with E-state index in [1.165, 1.54) is 85.1 Å². The summed E-state index contributed by atoms with van der Waals surface area (Å²) in [6, 6.07) is 18.0. The van der Waals surface area contributed by atoms with Crippen molar-refractivity contribution in [3.05, 3.63) is 59.7 Å². The summed E-state index contributed by atoms with van der Waals surface area (Å²) in [5, 5.41) is 0. The highest BCUT2D eigenvalue weighted by Crippen LogP contribution is 2.34. The standard InChI is InChI=1S/C24H34S/c1-3-5-7-9-15-21-17-11-13-19-23(21)25-24-20-14-12-18-22(24)16-10-8-6-4-2/h11-14,17-20H,3-10,15-16H2,1-2H3. The Labute approximate surface area is 159 Å². The molecule has 0 saturated carbocycles. The molecule has 0 amide bonds. The van der Waals surface area contributed by atoms with Crippen molar-refractivity contribution in [2.24, 2.45) is 0 Å². The lowest BCUT2D eigenvalue weighted by Crippen LogP contribution is -1.92. The van der Waals surface area contributed by atoms with E-state index >= 15 is 0 Å². The van der Waals surface area contributed by atoms with Gasteiger partial charge in [0.25, 0.3) is 0 Å². The van der Waals surface area contributed by atoms with Crippen LogP contribution in [0.25, 0.3) is 0 Å². The summed E-state index contributed by atoms with van der Waals surface area (Å²) in [5.41, 5.74) is 3.04. The number of benzene rings is 2. The van der Waals surface area contributed by atoms with Gasteiger partial charge in [-0.15, -0.1) is 0 Å². The smallest absolute Gasteiger partial charge is 0.0154 e. The van der Waals surface area contributed by atoms with Gasteiger partial charge in [-0.2, -0.15) is 0 Å². The highest BCUT2D eigenvalue weighted by molar-refractivity contribution is 7.99. The van der Waals surface area contributed by atoms with E-state index in [0.717, 1.165) is 0 Å². The van der Waals surface area contributed by atoms with Gasteiger partial charge in [0.1, 0.15) is 0 Å². The second kappa shape index (κ2) is 12.2. The van der Waals surface area contributed by atoms with Crippen LogP contribution in [0.2, 0.25) is 0 Å². The Morgan fingerprint density at radius 3 is 1.44 bits per heavy atom. The minimum Gasteiger partial charge on any atom is -0.0895 e. The Balaban J connectivity index is 2.01. The number of unbranched alkanes of at least 4 members (excludes halogenated alkanes) is 6. The van der Waals surface area contributed by atoms with Gasteiger partial charge >= 0.3 is 0 Å². The van der Waals surface area contributed by atoms with Gasteiger partial charge in [0.15, 0.2) is 0 Å². The maximum Gasteiger partial charge on any atom is 0.0154 e. The van der Waals surface area contributed by atoms with Crippen LogP contribution in [-0.4, -0.2) is 0 Å². The number of aryl methyl sites for hydroxylation is 2. The van der Waals surface area contributed by atoms with Crippen molar-refractivity contribution in [3.8, 4) is 0 Å². The fourth-order valence-corrected chi connectivity index (χ4v) is 4.36. The molecule has 1 heteroatoms. The Hall–Kier alpha value is -1.21. The summed E-state index contributed by atoms with van der Waals surface area (Å²) >= 11 is 1.97. The van der Waals surface area contributed by atoms with E-state index in [9.17, 15) is 0 Å². The summed E-state index contributed by atoms with van der Waals surface area (Å²) in [7, 11) is 0. The van der Waals surface area contributed by atoms with E-state index < -0.39 is 0 Å². The monoisotopic (exact) mass is 354 g/mol.